The molecule has 0 atom stereocenters. The fourth-order valence-corrected chi connectivity index (χ4v) is 7.69. The van der Waals surface area contributed by atoms with Gasteiger partial charge in [-0.05, 0) is 91.8 Å². The van der Waals surface area contributed by atoms with Gasteiger partial charge in [-0.15, -0.1) is 0 Å². The number of para-hydroxylation sites is 1. The summed E-state index contributed by atoms with van der Waals surface area (Å²) >= 11 is 0. The Kier molecular flexibility index (Phi) is 7.18. The van der Waals surface area contributed by atoms with Gasteiger partial charge in [0.2, 0.25) is 0 Å². The molecule has 10 aromatic rings. The zero-order valence-electron chi connectivity index (χ0n) is 28.4. The molecule has 9 aromatic carbocycles. The first kappa shape index (κ1) is 30.0. The molecule has 0 saturated heterocycles. The topological polar surface area (TPSA) is 16.4 Å². The summed E-state index contributed by atoms with van der Waals surface area (Å²) in [4.78, 5) is 2.39. The van der Waals surface area contributed by atoms with Crippen molar-refractivity contribution in [2.24, 2.45) is 0 Å². The maximum absolute atomic E-state index is 6.72. The molecule has 0 saturated carbocycles. The van der Waals surface area contributed by atoms with E-state index in [4.69, 9.17) is 4.42 Å². The summed E-state index contributed by atoms with van der Waals surface area (Å²) in [6.45, 7) is 0. The third-order valence-corrected chi connectivity index (χ3v) is 10.3. The number of furan rings is 1. The van der Waals surface area contributed by atoms with Crippen molar-refractivity contribution < 1.29 is 4.42 Å². The zero-order valence-corrected chi connectivity index (χ0v) is 28.4. The summed E-state index contributed by atoms with van der Waals surface area (Å²) in [5.41, 5.74) is 12.0. The average molecular weight is 664 g/mol. The largest absolute Gasteiger partial charge is 0.455 e. The van der Waals surface area contributed by atoms with Crippen LogP contribution in [0.25, 0.3) is 76.9 Å². The van der Waals surface area contributed by atoms with Gasteiger partial charge in [0.1, 0.15) is 11.2 Å². The lowest BCUT2D eigenvalue weighted by Gasteiger charge is -2.27. The Balaban J connectivity index is 1.17. The summed E-state index contributed by atoms with van der Waals surface area (Å²) in [6, 6.07) is 71.6. The average Bonchev–Trinajstić information content (AvgIpc) is 3.62. The molecule has 0 amide bonds. The van der Waals surface area contributed by atoms with Crippen LogP contribution in [0.2, 0.25) is 0 Å². The van der Waals surface area contributed by atoms with E-state index in [0.29, 0.717) is 0 Å². The van der Waals surface area contributed by atoms with E-state index in [2.05, 4.69) is 199 Å². The number of hydrogen-bond acceptors (Lipinski definition) is 2. The molecule has 1 heterocycles. The van der Waals surface area contributed by atoms with Crippen molar-refractivity contribution in [3.63, 3.8) is 0 Å². The van der Waals surface area contributed by atoms with Gasteiger partial charge in [-0.25, -0.2) is 0 Å². The molecule has 0 N–H and O–H groups in total. The first-order valence-electron chi connectivity index (χ1n) is 17.8. The van der Waals surface area contributed by atoms with E-state index in [1.54, 1.807) is 0 Å². The predicted octanol–water partition coefficient (Wildman–Crippen LogP) is 14.4. The monoisotopic (exact) mass is 663 g/mol. The van der Waals surface area contributed by atoms with Crippen molar-refractivity contribution in [3.8, 4) is 33.4 Å². The smallest absolute Gasteiger partial charge is 0.145 e. The normalized spacial score (nSPS) is 11.5. The molecule has 0 unspecified atom stereocenters. The predicted molar refractivity (Wildman–Crippen MR) is 220 cm³/mol. The third-order valence-electron chi connectivity index (χ3n) is 10.3. The Bertz CT molecular complexity index is 2870. The Morgan fingerprint density at radius 2 is 0.865 bits per heavy atom. The minimum absolute atomic E-state index is 0.876. The molecular formula is C50H33NO. The molecule has 2 nitrogen and oxygen atoms in total. The molecule has 0 aliphatic rings. The maximum atomic E-state index is 6.72. The molecule has 0 radical (unpaired) electrons. The minimum Gasteiger partial charge on any atom is -0.455 e. The number of anilines is 3. The molecule has 0 spiro atoms. The lowest BCUT2D eigenvalue weighted by atomic mass is 9.98. The SMILES string of the molecule is c1ccc(-c2ccc(-c3ccc(N(c4ccc5ccc6ccccc6c5c4)c4ccc(-c5ccccc5)c5oc6ccccc6c45)cc3)cc2)cc1. The molecule has 52 heavy (non-hydrogen) atoms. The van der Waals surface area contributed by atoms with E-state index in [0.717, 1.165) is 50.1 Å². The second-order valence-corrected chi connectivity index (χ2v) is 13.3. The highest BCUT2D eigenvalue weighted by Crippen LogP contribution is 2.47. The van der Waals surface area contributed by atoms with Crippen LogP contribution < -0.4 is 4.90 Å². The number of nitrogens with zero attached hydrogens (tertiary/aromatic N) is 1. The van der Waals surface area contributed by atoms with Crippen LogP contribution in [0.1, 0.15) is 0 Å². The number of hydrogen-bond donors (Lipinski definition) is 0. The molecule has 0 aliphatic carbocycles. The molecule has 1 aromatic heterocycles. The molecule has 0 bridgehead atoms. The van der Waals surface area contributed by atoms with Crippen molar-refractivity contribution in [2.75, 3.05) is 4.90 Å². The highest BCUT2D eigenvalue weighted by molar-refractivity contribution is 6.17. The number of fused-ring (bicyclic) bond motifs is 6. The zero-order chi connectivity index (χ0) is 34.4. The quantitative estimate of drug-likeness (QED) is 0.165. The summed E-state index contributed by atoms with van der Waals surface area (Å²) in [6.07, 6.45) is 0. The van der Waals surface area contributed by atoms with Crippen molar-refractivity contribution in [3.05, 3.63) is 200 Å². The van der Waals surface area contributed by atoms with E-state index < -0.39 is 0 Å². The van der Waals surface area contributed by atoms with Gasteiger partial charge >= 0.3 is 0 Å². The molecule has 2 heteroatoms. The van der Waals surface area contributed by atoms with Gasteiger partial charge in [-0.1, -0.05) is 158 Å². The van der Waals surface area contributed by atoms with Crippen LogP contribution in [0.5, 0.6) is 0 Å². The van der Waals surface area contributed by atoms with Crippen LogP contribution >= 0.6 is 0 Å². The molecule has 10 rings (SSSR count). The van der Waals surface area contributed by atoms with E-state index in [1.807, 2.05) is 6.07 Å². The van der Waals surface area contributed by atoms with Crippen LogP contribution in [-0.4, -0.2) is 0 Å². The van der Waals surface area contributed by atoms with Crippen molar-refractivity contribution in [1.82, 2.24) is 0 Å². The van der Waals surface area contributed by atoms with E-state index in [9.17, 15) is 0 Å². The number of rotatable bonds is 6. The fraction of sp³-hybridized carbons (Fsp3) is 0. The van der Waals surface area contributed by atoms with Gasteiger partial charge in [-0.3, -0.25) is 0 Å². The molecule has 0 aliphatic heterocycles. The number of benzene rings is 9. The Labute approximate surface area is 302 Å². The summed E-state index contributed by atoms with van der Waals surface area (Å²) < 4.78 is 6.72. The highest BCUT2D eigenvalue weighted by atomic mass is 16.3. The first-order chi connectivity index (χ1) is 25.8. The van der Waals surface area contributed by atoms with Crippen LogP contribution in [0.3, 0.4) is 0 Å². The Morgan fingerprint density at radius 3 is 1.58 bits per heavy atom. The van der Waals surface area contributed by atoms with E-state index in [1.165, 1.54) is 43.8 Å². The van der Waals surface area contributed by atoms with Gasteiger partial charge < -0.3 is 9.32 Å². The second kappa shape index (κ2) is 12.5. The van der Waals surface area contributed by atoms with Crippen LogP contribution in [0.4, 0.5) is 17.1 Å². The minimum atomic E-state index is 0.876. The van der Waals surface area contributed by atoms with Crippen LogP contribution in [0, 0.1) is 0 Å². The van der Waals surface area contributed by atoms with Gasteiger partial charge in [0.05, 0.1) is 11.1 Å². The molecule has 244 valence electrons. The second-order valence-electron chi connectivity index (χ2n) is 13.3. The van der Waals surface area contributed by atoms with Crippen LogP contribution in [0.15, 0.2) is 205 Å². The Hall–Kier alpha value is -6.90. The molecule has 0 fully saturated rings. The molecular weight excluding hydrogens is 631 g/mol. The third kappa shape index (κ3) is 5.12. The summed E-state index contributed by atoms with van der Waals surface area (Å²) in [7, 11) is 0. The summed E-state index contributed by atoms with van der Waals surface area (Å²) in [5.74, 6) is 0. The summed E-state index contributed by atoms with van der Waals surface area (Å²) in [5, 5.41) is 7.11. The standard InChI is InChI=1S/C50H33NO/c1-3-11-34(12-4-1)35-19-21-36(22-20-35)37-25-28-41(29-26-37)51(42-30-27-40-24-23-39-15-7-8-16-43(39)46(40)33-42)47-32-31-44(38-13-5-2-6-14-38)50-49(47)45-17-9-10-18-48(45)52-50/h1-33H. The van der Waals surface area contributed by atoms with Gasteiger partial charge in [0.15, 0.2) is 0 Å². The lowest BCUT2D eigenvalue weighted by molar-refractivity contribution is 0.670. The maximum Gasteiger partial charge on any atom is 0.145 e. The van der Waals surface area contributed by atoms with Crippen molar-refractivity contribution >= 4 is 60.5 Å². The van der Waals surface area contributed by atoms with E-state index >= 15 is 0 Å². The van der Waals surface area contributed by atoms with E-state index in [-0.39, 0.29) is 0 Å². The highest BCUT2D eigenvalue weighted by Gasteiger charge is 2.22. The van der Waals surface area contributed by atoms with Crippen molar-refractivity contribution in [2.45, 2.75) is 0 Å². The fourth-order valence-electron chi connectivity index (χ4n) is 7.69. The van der Waals surface area contributed by atoms with Gasteiger partial charge in [-0.2, -0.15) is 0 Å². The lowest BCUT2D eigenvalue weighted by Crippen LogP contribution is -2.10. The van der Waals surface area contributed by atoms with Gasteiger partial charge in [0.25, 0.3) is 0 Å². The van der Waals surface area contributed by atoms with Crippen LogP contribution in [-0.2, 0) is 0 Å². The first-order valence-corrected chi connectivity index (χ1v) is 17.8. The van der Waals surface area contributed by atoms with Gasteiger partial charge in [0, 0.05) is 22.3 Å². The Morgan fingerprint density at radius 1 is 0.346 bits per heavy atom. The van der Waals surface area contributed by atoms with Crippen molar-refractivity contribution in [1.29, 1.82) is 0 Å².